The van der Waals surface area contributed by atoms with Gasteiger partial charge in [-0.25, -0.2) is 0 Å². The monoisotopic (exact) mass is 272 g/mol. The molecule has 0 aliphatic carbocycles. The first-order valence-electron chi connectivity index (χ1n) is 4.91. The zero-order chi connectivity index (χ0) is 13.8. The number of para-hydroxylation sites is 2. The fourth-order valence-corrected chi connectivity index (χ4v) is 1.70. The van der Waals surface area contributed by atoms with Gasteiger partial charge in [0, 0.05) is 0 Å². The molecule has 1 aromatic carbocycles. The Balaban J connectivity index is 2.89. The van der Waals surface area contributed by atoms with Gasteiger partial charge in [-0.1, -0.05) is 12.1 Å². The highest BCUT2D eigenvalue weighted by atomic mass is 32.2. The van der Waals surface area contributed by atoms with Gasteiger partial charge in [0.1, 0.15) is 5.78 Å². The summed E-state index contributed by atoms with van der Waals surface area (Å²) in [6.07, 6.45) is -0.305. The molecule has 3 N–H and O–H groups in total. The Labute approximate surface area is 104 Å². The van der Waals surface area contributed by atoms with Gasteiger partial charge in [0.05, 0.1) is 17.8 Å². The summed E-state index contributed by atoms with van der Waals surface area (Å²) in [5.41, 5.74) is 0.165. The first kappa shape index (κ1) is 14.1. The lowest BCUT2D eigenvalue weighted by molar-refractivity contribution is -0.124. The Kier molecular flexibility index (Phi) is 4.40. The number of benzene rings is 1. The number of carbonyl (C=O) groups is 2. The van der Waals surface area contributed by atoms with Crippen molar-refractivity contribution in [3.8, 4) is 0 Å². The fourth-order valence-electron chi connectivity index (χ4n) is 1.24. The predicted octanol–water partition coefficient (Wildman–Crippen LogP) is 0.819. The SMILES string of the molecule is CC(=O)CC(=O)Nc1ccccc1NS(=O)(=O)O. The summed E-state index contributed by atoms with van der Waals surface area (Å²) in [6.45, 7) is 1.27. The normalized spacial score (nSPS) is 10.8. The molecule has 1 rings (SSSR count). The van der Waals surface area contributed by atoms with Gasteiger partial charge in [-0.2, -0.15) is 8.42 Å². The minimum absolute atomic E-state index is 0.0110. The molecule has 1 amide bonds. The van der Waals surface area contributed by atoms with Gasteiger partial charge in [0.25, 0.3) is 0 Å². The van der Waals surface area contributed by atoms with E-state index in [1.54, 1.807) is 6.07 Å². The fraction of sp³-hybridized carbons (Fsp3) is 0.200. The van der Waals surface area contributed by atoms with E-state index >= 15 is 0 Å². The molecule has 98 valence electrons. The standard InChI is InChI=1S/C10H12N2O5S/c1-7(13)6-10(14)11-8-4-2-3-5-9(8)12-18(15,16)17/h2-5,12H,6H2,1H3,(H,11,14)(H,15,16,17). The summed E-state index contributed by atoms with van der Waals surface area (Å²) in [7, 11) is -4.43. The van der Waals surface area contributed by atoms with Crippen molar-refractivity contribution < 1.29 is 22.6 Å². The van der Waals surface area contributed by atoms with Crippen LogP contribution in [0.3, 0.4) is 0 Å². The second kappa shape index (κ2) is 5.61. The molecule has 0 aliphatic rings. The third kappa shape index (κ3) is 4.93. The van der Waals surface area contributed by atoms with Crippen LogP contribution in [0.25, 0.3) is 0 Å². The highest BCUT2D eigenvalue weighted by molar-refractivity contribution is 7.87. The van der Waals surface area contributed by atoms with E-state index in [1.807, 2.05) is 4.72 Å². The Morgan fingerprint density at radius 2 is 1.78 bits per heavy atom. The lowest BCUT2D eigenvalue weighted by atomic mass is 10.2. The summed E-state index contributed by atoms with van der Waals surface area (Å²) in [5.74, 6) is -0.875. The number of hydrogen-bond acceptors (Lipinski definition) is 4. The van der Waals surface area contributed by atoms with Gasteiger partial charge >= 0.3 is 10.3 Å². The average molecular weight is 272 g/mol. The number of amides is 1. The number of hydrogen-bond donors (Lipinski definition) is 3. The van der Waals surface area contributed by atoms with Crippen LogP contribution < -0.4 is 10.0 Å². The lowest BCUT2D eigenvalue weighted by Crippen LogP contribution is -2.17. The average Bonchev–Trinajstić information content (AvgIpc) is 2.17. The largest absolute Gasteiger partial charge is 0.357 e. The van der Waals surface area contributed by atoms with Crippen molar-refractivity contribution in [2.45, 2.75) is 13.3 Å². The molecule has 0 spiro atoms. The van der Waals surface area contributed by atoms with Crippen molar-refractivity contribution in [2.75, 3.05) is 10.0 Å². The maximum absolute atomic E-state index is 11.4. The second-order valence-corrected chi connectivity index (χ2v) is 4.70. The summed E-state index contributed by atoms with van der Waals surface area (Å²) in [6, 6.07) is 5.88. The number of ketones is 1. The second-order valence-electron chi connectivity index (χ2n) is 3.55. The minimum atomic E-state index is -4.43. The van der Waals surface area contributed by atoms with Crippen LogP contribution in [-0.4, -0.2) is 24.7 Å². The summed E-state index contributed by atoms with van der Waals surface area (Å²) < 4.78 is 31.9. The molecule has 8 heteroatoms. The zero-order valence-electron chi connectivity index (χ0n) is 9.50. The Morgan fingerprint density at radius 3 is 2.28 bits per heavy atom. The highest BCUT2D eigenvalue weighted by Crippen LogP contribution is 2.21. The Hall–Kier alpha value is -1.93. The number of nitrogens with one attached hydrogen (secondary N) is 2. The van der Waals surface area contributed by atoms with E-state index in [0.29, 0.717) is 0 Å². The van der Waals surface area contributed by atoms with Crippen LogP contribution >= 0.6 is 0 Å². The van der Waals surface area contributed by atoms with E-state index in [2.05, 4.69) is 5.32 Å². The van der Waals surface area contributed by atoms with Crippen LogP contribution in [0.1, 0.15) is 13.3 Å². The van der Waals surface area contributed by atoms with Gasteiger partial charge in [0.15, 0.2) is 0 Å². The quantitative estimate of drug-likeness (QED) is 0.542. The van der Waals surface area contributed by atoms with Crippen molar-refractivity contribution in [3.63, 3.8) is 0 Å². The predicted molar refractivity (Wildman–Crippen MR) is 65.5 cm³/mol. The van der Waals surface area contributed by atoms with Crippen LogP contribution in [0, 0.1) is 0 Å². The smallest absolute Gasteiger partial charge is 0.324 e. The molecule has 0 atom stereocenters. The molecular weight excluding hydrogens is 260 g/mol. The van der Waals surface area contributed by atoms with Gasteiger partial charge in [-0.05, 0) is 19.1 Å². The Bertz CT molecular complexity index is 567. The first-order valence-corrected chi connectivity index (χ1v) is 6.35. The zero-order valence-corrected chi connectivity index (χ0v) is 10.3. The molecule has 7 nitrogen and oxygen atoms in total. The molecule has 0 aromatic heterocycles. The van der Waals surface area contributed by atoms with Crippen LogP contribution in [0.15, 0.2) is 24.3 Å². The number of rotatable bonds is 5. The van der Waals surface area contributed by atoms with Gasteiger partial charge in [-0.15, -0.1) is 0 Å². The van der Waals surface area contributed by atoms with Crippen molar-refractivity contribution >= 4 is 33.4 Å². The summed E-state index contributed by atoms with van der Waals surface area (Å²) in [4.78, 5) is 22.1. The molecule has 0 bridgehead atoms. The van der Waals surface area contributed by atoms with Crippen molar-refractivity contribution in [1.82, 2.24) is 0 Å². The van der Waals surface area contributed by atoms with Crippen LogP contribution in [0.4, 0.5) is 11.4 Å². The van der Waals surface area contributed by atoms with E-state index in [-0.39, 0.29) is 23.6 Å². The van der Waals surface area contributed by atoms with E-state index in [4.69, 9.17) is 4.55 Å². The van der Waals surface area contributed by atoms with E-state index in [9.17, 15) is 18.0 Å². The molecule has 0 saturated carbocycles. The number of anilines is 2. The first-order chi connectivity index (χ1) is 8.28. The van der Waals surface area contributed by atoms with Crippen LogP contribution in [0.2, 0.25) is 0 Å². The summed E-state index contributed by atoms with van der Waals surface area (Å²) in [5, 5.41) is 2.37. The van der Waals surface area contributed by atoms with Crippen molar-refractivity contribution in [3.05, 3.63) is 24.3 Å². The lowest BCUT2D eigenvalue weighted by Gasteiger charge is -2.10. The molecular formula is C10H12N2O5S. The van der Waals surface area contributed by atoms with Crippen molar-refractivity contribution in [1.29, 1.82) is 0 Å². The highest BCUT2D eigenvalue weighted by Gasteiger charge is 2.11. The van der Waals surface area contributed by atoms with Crippen molar-refractivity contribution in [2.24, 2.45) is 0 Å². The third-order valence-electron chi connectivity index (χ3n) is 1.85. The molecule has 1 aromatic rings. The number of Topliss-reactive ketones (excluding diaryl/α,β-unsaturated/α-hetero) is 1. The van der Waals surface area contributed by atoms with E-state index < -0.39 is 16.2 Å². The molecule has 0 unspecified atom stereocenters. The maximum atomic E-state index is 11.4. The van der Waals surface area contributed by atoms with Gasteiger partial charge in [-0.3, -0.25) is 18.9 Å². The molecule has 0 fully saturated rings. The van der Waals surface area contributed by atoms with Gasteiger partial charge in [0.2, 0.25) is 5.91 Å². The molecule has 18 heavy (non-hydrogen) atoms. The summed E-state index contributed by atoms with van der Waals surface area (Å²) >= 11 is 0. The molecule has 0 radical (unpaired) electrons. The van der Waals surface area contributed by atoms with Crippen LogP contribution in [-0.2, 0) is 19.9 Å². The van der Waals surface area contributed by atoms with Crippen LogP contribution in [0.5, 0.6) is 0 Å². The molecule has 0 aliphatic heterocycles. The Morgan fingerprint density at radius 1 is 1.22 bits per heavy atom. The molecule has 0 saturated heterocycles. The van der Waals surface area contributed by atoms with Gasteiger partial charge < -0.3 is 5.32 Å². The van der Waals surface area contributed by atoms with E-state index in [1.165, 1.54) is 25.1 Å². The topological polar surface area (TPSA) is 113 Å². The third-order valence-corrected chi connectivity index (χ3v) is 2.33. The minimum Gasteiger partial charge on any atom is -0.324 e. The van der Waals surface area contributed by atoms with E-state index in [0.717, 1.165) is 0 Å². The molecule has 0 heterocycles. The number of carbonyl (C=O) groups excluding carboxylic acids is 2. The maximum Gasteiger partial charge on any atom is 0.357 e.